The highest BCUT2D eigenvalue weighted by Crippen LogP contribution is 2.45. The maximum Gasteiger partial charge on any atom is 0.124 e. The monoisotopic (exact) mass is 447 g/mol. The first-order chi connectivity index (χ1) is 16.7. The van der Waals surface area contributed by atoms with Gasteiger partial charge in [-0.2, -0.15) is 0 Å². The van der Waals surface area contributed by atoms with E-state index in [4.69, 9.17) is 4.98 Å². The number of aromatic nitrogens is 4. The zero-order valence-electron chi connectivity index (χ0n) is 19.4. The predicted molar refractivity (Wildman–Crippen MR) is 134 cm³/mol. The van der Waals surface area contributed by atoms with Crippen LogP contribution in [-0.2, 0) is 0 Å². The van der Waals surface area contributed by atoms with Crippen LogP contribution in [0.2, 0.25) is 0 Å². The molecule has 34 heavy (non-hydrogen) atoms. The van der Waals surface area contributed by atoms with Crippen LogP contribution in [0, 0.1) is 23.7 Å². The first kappa shape index (κ1) is 20.1. The molecular formula is C29H29N5. The second kappa shape index (κ2) is 7.85. The van der Waals surface area contributed by atoms with Crippen LogP contribution in [-0.4, -0.2) is 26.0 Å². The summed E-state index contributed by atoms with van der Waals surface area (Å²) >= 11 is 0. The third kappa shape index (κ3) is 3.73. The van der Waals surface area contributed by atoms with Crippen LogP contribution < -0.4 is 5.32 Å². The maximum absolute atomic E-state index is 4.70. The number of fused-ring (bicyclic) bond motifs is 2. The van der Waals surface area contributed by atoms with Crippen LogP contribution in [0.3, 0.4) is 0 Å². The maximum atomic E-state index is 4.70. The summed E-state index contributed by atoms with van der Waals surface area (Å²) in [7, 11) is 0. The molecule has 1 aliphatic heterocycles. The molecule has 4 aromatic rings. The normalized spacial score (nSPS) is 27.5. The third-order valence-electron chi connectivity index (χ3n) is 7.97. The molecule has 170 valence electrons. The summed E-state index contributed by atoms with van der Waals surface area (Å²) in [5, 5.41) is 6.04. The molecule has 3 fully saturated rings. The van der Waals surface area contributed by atoms with E-state index in [0.717, 1.165) is 40.4 Å². The molecule has 2 saturated carbocycles. The lowest BCUT2D eigenvalue weighted by atomic mass is 10.0. The topological polar surface area (TPSA) is 69.4 Å². The Morgan fingerprint density at radius 3 is 2.59 bits per heavy atom. The molecule has 0 spiro atoms. The molecule has 7 rings (SSSR count). The Morgan fingerprint density at radius 2 is 1.74 bits per heavy atom. The Hall–Kier alpha value is -3.36. The number of rotatable bonds is 3. The van der Waals surface area contributed by atoms with E-state index in [2.05, 4.69) is 75.4 Å². The van der Waals surface area contributed by atoms with Gasteiger partial charge in [0.15, 0.2) is 0 Å². The van der Waals surface area contributed by atoms with E-state index in [1.54, 1.807) is 0 Å². The van der Waals surface area contributed by atoms with Gasteiger partial charge in [-0.1, -0.05) is 31.0 Å². The highest BCUT2D eigenvalue weighted by molar-refractivity contribution is 5.88. The molecule has 1 unspecified atom stereocenters. The molecule has 1 saturated heterocycles. The predicted octanol–water partition coefficient (Wildman–Crippen LogP) is 5.68. The largest absolute Gasteiger partial charge is 0.342 e. The van der Waals surface area contributed by atoms with Gasteiger partial charge >= 0.3 is 0 Å². The van der Waals surface area contributed by atoms with Crippen LogP contribution in [0.5, 0.6) is 0 Å². The number of piperidine rings is 1. The van der Waals surface area contributed by atoms with E-state index in [-0.39, 0.29) is 0 Å². The number of H-pyrrole nitrogens is 2. The molecule has 3 N–H and O–H groups in total. The molecule has 2 aromatic heterocycles. The smallest absolute Gasteiger partial charge is 0.124 e. The summed E-state index contributed by atoms with van der Waals surface area (Å²) in [4.78, 5) is 16.2. The molecule has 5 atom stereocenters. The van der Waals surface area contributed by atoms with Crippen LogP contribution >= 0.6 is 0 Å². The van der Waals surface area contributed by atoms with Crippen molar-refractivity contribution in [2.24, 2.45) is 11.8 Å². The van der Waals surface area contributed by atoms with Gasteiger partial charge in [0, 0.05) is 23.1 Å². The first-order valence-corrected chi connectivity index (χ1v) is 12.6. The van der Waals surface area contributed by atoms with Gasteiger partial charge in [-0.25, -0.2) is 9.97 Å². The second-order valence-electron chi connectivity index (χ2n) is 10.6. The Kier molecular flexibility index (Phi) is 4.63. The first-order valence-electron chi connectivity index (χ1n) is 12.6. The number of nitrogens with one attached hydrogen (secondary N) is 3. The average molecular weight is 448 g/mol. The summed E-state index contributed by atoms with van der Waals surface area (Å²) in [6.07, 6.45) is 10.2. The summed E-state index contributed by atoms with van der Waals surface area (Å²) in [5.74, 6) is 11.0. The van der Waals surface area contributed by atoms with Crippen molar-refractivity contribution in [3.63, 3.8) is 0 Å². The molecule has 5 nitrogen and oxygen atoms in total. The fraction of sp³-hybridized carbons (Fsp3) is 0.379. The molecule has 2 aliphatic carbocycles. The molecule has 0 bridgehead atoms. The zero-order valence-corrected chi connectivity index (χ0v) is 19.4. The minimum atomic E-state index is 0.363. The average Bonchev–Trinajstić information content (AvgIpc) is 3.41. The van der Waals surface area contributed by atoms with Crippen LogP contribution in [0.25, 0.3) is 22.0 Å². The fourth-order valence-corrected chi connectivity index (χ4v) is 5.89. The summed E-state index contributed by atoms with van der Waals surface area (Å²) in [6.45, 7) is 2.34. The van der Waals surface area contributed by atoms with Crippen molar-refractivity contribution < 1.29 is 0 Å². The molecule has 3 heterocycles. The zero-order chi connectivity index (χ0) is 22.6. The van der Waals surface area contributed by atoms with E-state index < -0.39 is 0 Å². The Bertz CT molecular complexity index is 1420. The number of benzene rings is 2. The van der Waals surface area contributed by atoms with Crippen molar-refractivity contribution in [2.75, 3.05) is 0 Å². The summed E-state index contributed by atoms with van der Waals surface area (Å²) in [6, 6.07) is 14.1. The minimum absolute atomic E-state index is 0.363. The number of hydrogen-bond donors (Lipinski definition) is 3. The molecule has 0 amide bonds. The lowest BCUT2D eigenvalue weighted by Crippen LogP contribution is -2.18. The van der Waals surface area contributed by atoms with Gasteiger partial charge in [0.05, 0.1) is 24.1 Å². The Morgan fingerprint density at radius 1 is 0.853 bits per heavy atom. The Labute approximate surface area is 199 Å². The molecule has 5 heteroatoms. The van der Waals surface area contributed by atoms with E-state index >= 15 is 0 Å². The number of nitrogens with zero attached hydrogens (tertiary/aromatic N) is 2. The van der Waals surface area contributed by atoms with Gasteiger partial charge in [0.25, 0.3) is 0 Å². The standard InChI is InChI=1S/C29H29N5/c1-17-2-5-22(10-17)28-31-16-27(34-28)21-8-7-19-11-18(3-6-20(19)12-21)4-9-24-15-30-29(32-24)26-14-23-13-25(23)33-26/h3,6-8,11-12,15-17,22-23,25-26,33H,2,5,10,13-14H2,1H3,(H,30,32)(H,31,34)/t17-,22?,23-,25-,26+/m1/s1. The quantitative estimate of drug-likeness (QED) is 0.354. The number of aromatic amines is 2. The van der Waals surface area contributed by atoms with Crippen LogP contribution in [0.4, 0.5) is 0 Å². The van der Waals surface area contributed by atoms with Crippen LogP contribution in [0.1, 0.15) is 73.9 Å². The van der Waals surface area contributed by atoms with Crippen molar-refractivity contribution in [3.05, 3.63) is 71.7 Å². The second-order valence-corrected chi connectivity index (χ2v) is 10.6. The SMILES string of the molecule is C[C@@H]1CCC(c2ncc(-c3ccc4cc(C#Cc5cnc([C@@H]6C[C@H]7C[C@H]7N6)[nH]5)ccc4c3)[nH]2)C1. The van der Waals surface area contributed by atoms with E-state index in [9.17, 15) is 0 Å². The fourth-order valence-electron chi connectivity index (χ4n) is 5.89. The highest BCUT2D eigenvalue weighted by Gasteiger charge is 2.46. The van der Waals surface area contributed by atoms with Gasteiger partial charge in [-0.15, -0.1) is 0 Å². The molecule has 0 radical (unpaired) electrons. The molecule has 3 aliphatic rings. The van der Waals surface area contributed by atoms with Gasteiger partial charge in [0.1, 0.15) is 17.3 Å². The molecular weight excluding hydrogens is 418 g/mol. The van der Waals surface area contributed by atoms with Crippen molar-refractivity contribution in [1.82, 2.24) is 25.3 Å². The van der Waals surface area contributed by atoms with Crippen molar-refractivity contribution >= 4 is 10.8 Å². The highest BCUT2D eigenvalue weighted by atomic mass is 15.1. The third-order valence-corrected chi connectivity index (χ3v) is 7.97. The van der Waals surface area contributed by atoms with Crippen molar-refractivity contribution in [3.8, 4) is 23.1 Å². The molecule has 2 aromatic carbocycles. The minimum Gasteiger partial charge on any atom is -0.342 e. The van der Waals surface area contributed by atoms with Gasteiger partial charge in [-0.05, 0) is 78.8 Å². The lowest BCUT2D eigenvalue weighted by Gasteiger charge is -2.08. The lowest BCUT2D eigenvalue weighted by molar-refractivity contribution is 0.543. The van der Waals surface area contributed by atoms with E-state index in [1.807, 2.05) is 12.4 Å². The van der Waals surface area contributed by atoms with Crippen molar-refractivity contribution in [1.29, 1.82) is 0 Å². The van der Waals surface area contributed by atoms with E-state index in [1.165, 1.54) is 48.4 Å². The van der Waals surface area contributed by atoms with Crippen LogP contribution in [0.15, 0.2) is 48.8 Å². The van der Waals surface area contributed by atoms with Crippen molar-refractivity contribution in [2.45, 2.75) is 57.0 Å². The number of imidazole rings is 2. The van der Waals surface area contributed by atoms with Gasteiger partial charge in [-0.3, -0.25) is 0 Å². The van der Waals surface area contributed by atoms with Gasteiger partial charge < -0.3 is 15.3 Å². The number of hydrogen-bond acceptors (Lipinski definition) is 3. The Balaban J connectivity index is 1.08. The summed E-state index contributed by atoms with van der Waals surface area (Å²) < 4.78 is 0. The summed E-state index contributed by atoms with van der Waals surface area (Å²) in [5.41, 5.74) is 4.17. The van der Waals surface area contributed by atoms with Gasteiger partial charge in [0.2, 0.25) is 0 Å². The van der Waals surface area contributed by atoms with E-state index in [0.29, 0.717) is 18.0 Å².